The summed E-state index contributed by atoms with van der Waals surface area (Å²) in [4.78, 5) is 4.00. The van der Waals surface area contributed by atoms with Gasteiger partial charge < -0.3 is 9.52 Å². The van der Waals surface area contributed by atoms with Crippen LogP contribution in [0.1, 0.15) is 24.1 Å². The van der Waals surface area contributed by atoms with E-state index in [1.807, 2.05) is 6.92 Å². The van der Waals surface area contributed by atoms with Gasteiger partial charge in [-0.2, -0.15) is 0 Å². The van der Waals surface area contributed by atoms with E-state index in [1.165, 1.54) is 18.2 Å². The minimum absolute atomic E-state index is 0.0203. The third kappa shape index (κ3) is 3.82. The van der Waals surface area contributed by atoms with Crippen LogP contribution in [0.25, 0.3) is 0 Å². The van der Waals surface area contributed by atoms with Crippen LogP contribution in [0.4, 0.5) is 0 Å². The summed E-state index contributed by atoms with van der Waals surface area (Å²) in [5.41, 5.74) is 0.468. The minimum atomic E-state index is -3.72. The van der Waals surface area contributed by atoms with E-state index in [1.54, 1.807) is 6.20 Å². The van der Waals surface area contributed by atoms with Gasteiger partial charge in [-0.15, -0.1) is 0 Å². The smallest absolute Gasteiger partial charge is 0.241 e. The predicted molar refractivity (Wildman–Crippen MR) is 77.3 cm³/mol. The van der Waals surface area contributed by atoms with Crippen LogP contribution >= 0.6 is 11.6 Å². The molecule has 114 valence electrons. The highest BCUT2D eigenvalue weighted by Gasteiger charge is 2.16. The van der Waals surface area contributed by atoms with Crippen molar-refractivity contribution in [3.05, 3.63) is 46.6 Å². The third-order valence-electron chi connectivity index (χ3n) is 2.87. The summed E-state index contributed by atoms with van der Waals surface area (Å²) in [5, 5.41) is 9.22. The first-order valence-corrected chi connectivity index (χ1v) is 8.15. The van der Waals surface area contributed by atoms with Gasteiger partial charge in [0, 0.05) is 11.4 Å². The molecule has 2 aromatic rings. The fraction of sp³-hybridized carbons (Fsp3) is 0.308. The van der Waals surface area contributed by atoms with Crippen molar-refractivity contribution in [2.45, 2.75) is 31.4 Å². The number of hydrogen-bond donors (Lipinski definition) is 2. The van der Waals surface area contributed by atoms with Gasteiger partial charge >= 0.3 is 0 Å². The summed E-state index contributed by atoms with van der Waals surface area (Å²) in [6.07, 6.45) is 2.26. The van der Waals surface area contributed by atoms with E-state index < -0.39 is 10.0 Å². The average molecular weight is 331 g/mol. The van der Waals surface area contributed by atoms with Crippen LogP contribution in [-0.2, 0) is 29.6 Å². The lowest BCUT2D eigenvalue weighted by atomic mass is 10.2. The Morgan fingerprint density at radius 3 is 2.76 bits per heavy atom. The van der Waals surface area contributed by atoms with Gasteiger partial charge in [-0.3, -0.25) is 0 Å². The van der Waals surface area contributed by atoms with Crippen LogP contribution in [0.2, 0.25) is 5.02 Å². The van der Waals surface area contributed by atoms with Gasteiger partial charge in [0.15, 0.2) is 0 Å². The largest absolute Gasteiger partial charge is 0.444 e. The van der Waals surface area contributed by atoms with Crippen LogP contribution in [0.5, 0.6) is 0 Å². The second kappa shape index (κ2) is 6.57. The Balaban J connectivity index is 2.12. The molecule has 0 aliphatic carbocycles. The van der Waals surface area contributed by atoms with E-state index in [9.17, 15) is 8.42 Å². The van der Waals surface area contributed by atoms with Gasteiger partial charge in [-0.25, -0.2) is 18.1 Å². The minimum Gasteiger partial charge on any atom is -0.444 e. The highest BCUT2D eigenvalue weighted by molar-refractivity contribution is 7.89. The topological polar surface area (TPSA) is 92.4 Å². The molecule has 6 nitrogen and oxygen atoms in total. The fourth-order valence-corrected chi connectivity index (χ4v) is 2.96. The summed E-state index contributed by atoms with van der Waals surface area (Å²) < 4.78 is 32.0. The lowest BCUT2D eigenvalue weighted by Crippen LogP contribution is -2.23. The highest BCUT2D eigenvalue weighted by atomic mass is 35.5. The lowest BCUT2D eigenvalue weighted by molar-refractivity contribution is 0.282. The van der Waals surface area contributed by atoms with Gasteiger partial charge in [-0.1, -0.05) is 24.6 Å². The van der Waals surface area contributed by atoms with Crippen LogP contribution in [0.15, 0.2) is 33.7 Å². The molecule has 0 spiro atoms. The number of oxazole rings is 1. The molecule has 0 saturated heterocycles. The van der Waals surface area contributed by atoms with Gasteiger partial charge in [0.25, 0.3) is 0 Å². The summed E-state index contributed by atoms with van der Waals surface area (Å²) in [6, 6.07) is 4.15. The van der Waals surface area contributed by atoms with Crippen LogP contribution in [0, 0.1) is 0 Å². The number of halogens is 1. The Kier molecular flexibility index (Phi) is 5.00. The second-order valence-electron chi connectivity index (χ2n) is 4.31. The number of nitrogens with one attached hydrogen (secondary N) is 1. The molecule has 8 heteroatoms. The molecule has 2 rings (SSSR count). The zero-order valence-electron chi connectivity index (χ0n) is 11.3. The molecule has 0 unspecified atom stereocenters. The Labute approximate surface area is 127 Å². The van der Waals surface area contributed by atoms with Crippen LogP contribution in [0.3, 0.4) is 0 Å². The van der Waals surface area contributed by atoms with Gasteiger partial charge in [0.05, 0.1) is 24.2 Å². The molecule has 0 atom stereocenters. The van der Waals surface area contributed by atoms with Gasteiger partial charge in [-0.05, 0) is 17.7 Å². The molecule has 0 aliphatic rings. The third-order valence-corrected chi connectivity index (χ3v) is 4.62. The zero-order chi connectivity index (χ0) is 15.5. The Hall–Kier alpha value is -1.41. The lowest BCUT2D eigenvalue weighted by Gasteiger charge is -2.07. The van der Waals surface area contributed by atoms with Crippen molar-refractivity contribution in [2.75, 3.05) is 0 Å². The maximum atomic E-state index is 12.1. The summed E-state index contributed by atoms with van der Waals surface area (Å²) >= 11 is 5.89. The van der Waals surface area contributed by atoms with Crippen molar-refractivity contribution in [3.63, 3.8) is 0 Å². The standard InChI is InChI=1S/C13H15ClN2O4S/c1-2-10-6-15-13(20-10)7-16-21(18,19)11-4-3-9(8-17)12(14)5-11/h3-6,16-17H,2,7-8H2,1H3. The quantitative estimate of drug-likeness (QED) is 0.843. The Morgan fingerprint density at radius 1 is 1.43 bits per heavy atom. The number of rotatable bonds is 6. The molecule has 1 heterocycles. The molecule has 0 amide bonds. The van der Waals surface area contributed by atoms with Crippen LogP contribution < -0.4 is 4.72 Å². The molecule has 0 saturated carbocycles. The van der Waals surface area contributed by atoms with E-state index in [4.69, 9.17) is 21.1 Å². The first-order chi connectivity index (χ1) is 9.96. The summed E-state index contributed by atoms with van der Waals surface area (Å²) in [5.74, 6) is 0.994. The Bertz CT molecular complexity index is 728. The SMILES string of the molecule is CCc1cnc(CNS(=O)(=O)c2ccc(CO)c(Cl)c2)o1. The summed E-state index contributed by atoms with van der Waals surface area (Å²) in [6.45, 7) is 1.63. The Morgan fingerprint density at radius 2 is 2.19 bits per heavy atom. The van der Waals surface area contributed by atoms with E-state index in [2.05, 4.69) is 9.71 Å². The van der Waals surface area contributed by atoms with E-state index in [0.29, 0.717) is 23.6 Å². The summed E-state index contributed by atoms with van der Waals surface area (Å²) in [7, 11) is -3.72. The highest BCUT2D eigenvalue weighted by Crippen LogP contribution is 2.21. The number of aryl methyl sites for hydroxylation is 1. The normalized spacial score (nSPS) is 11.8. The predicted octanol–water partition coefficient (Wildman–Crippen LogP) is 1.86. The molecule has 0 aliphatic heterocycles. The van der Waals surface area contributed by atoms with E-state index in [0.717, 1.165) is 0 Å². The number of aromatic nitrogens is 1. The first kappa shape index (κ1) is 16.0. The molecule has 0 radical (unpaired) electrons. The molecule has 1 aromatic carbocycles. The maximum absolute atomic E-state index is 12.1. The molecule has 1 aromatic heterocycles. The number of nitrogens with zero attached hydrogens (tertiary/aromatic N) is 1. The average Bonchev–Trinajstić information content (AvgIpc) is 2.93. The number of aliphatic hydroxyl groups is 1. The molecule has 21 heavy (non-hydrogen) atoms. The first-order valence-electron chi connectivity index (χ1n) is 6.28. The van der Waals surface area contributed by atoms with Crippen molar-refractivity contribution >= 4 is 21.6 Å². The molecular formula is C13H15ClN2O4S. The zero-order valence-corrected chi connectivity index (χ0v) is 12.9. The molecular weight excluding hydrogens is 316 g/mol. The maximum Gasteiger partial charge on any atom is 0.241 e. The number of benzene rings is 1. The van der Waals surface area contributed by atoms with Crippen molar-refractivity contribution in [1.82, 2.24) is 9.71 Å². The fourth-order valence-electron chi connectivity index (χ4n) is 1.66. The van der Waals surface area contributed by atoms with Crippen LogP contribution in [-0.4, -0.2) is 18.5 Å². The molecule has 2 N–H and O–H groups in total. The van der Waals surface area contributed by atoms with Gasteiger partial charge in [0.2, 0.25) is 15.9 Å². The van der Waals surface area contributed by atoms with E-state index >= 15 is 0 Å². The molecule has 0 fully saturated rings. The van der Waals surface area contributed by atoms with Gasteiger partial charge in [0.1, 0.15) is 5.76 Å². The van der Waals surface area contributed by atoms with Crippen molar-refractivity contribution < 1.29 is 17.9 Å². The van der Waals surface area contributed by atoms with Crippen molar-refractivity contribution in [2.24, 2.45) is 0 Å². The van der Waals surface area contributed by atoms with Crippen molar-refractivity contribution in [3.8, 4) is 0 Å². The van der Waals surface area contributed by atoms with E-state index in [-0.39, 0.29) is 23.1 Å². The second-order valence-corrected chi connectivity index (χ2v) is 6.48. The van der Waals surface area contributed by atoms with Crippen molar-refractivity contribution in [1.29, 1.82) is 0 Å². The molecule has 0 bridgehead atoms. The number of hydrogen-bond acceptors (Lipinski definition) is 5. The number of aliphatic hydroxyl groups excluding tert-OH is 1. The number of sulfonamides is 1. The monoisotopic (exact) mass is 330 g/mol.